The third kappa shape index (κ3) is 3.47. The summed E-state index contributed by atoms with van der Waals surface area (Å²) in [5.41, 5.74) is 3.89. The van der Waals surface area contributed by atoms with Gasteiger partial charge in [-0.25, -0.2) is 0 Å². The van der Waals surface area contributed by atoms with Crippen molar-refractivity contribution in [3.8, 4) is 17.6 Å². The van der Waals surface area contributed by atoms with Gasteiger partial charge in [0.05, 0.1) is 38.3 Å². The minimum Gasteiger partial charge on any atom is -0.493 e. The van der Waals surface area contributed by atoms with Gasteiger partial charge in [0.25, 0.3) is 0 Å². The van der Waals surface area contributed by atoms with E-state index in [0.29, 0.717) is 27.8 Å². The fraction of sp³-hybridized carbons (Fsp3) is 0.167. The highest BCUT2D eigenvalue weighted by molar-refractivity contribution is 6.30. The number of ether oxygens (including phenoxy) is 2. The first-order valence-electron chi connectivity index (χ1n) is 9.38. The van der Waals surface area contributed by atoms with Crippen molar-refractivity contribution >= 4 is 23.2 Å². The molecule has 1 aliphatic heterocycles. The molecular weight excluding hydrogens is 400 g/mol. The predicted molar refractivity (Wildman–Crippen MR) is 115 cm³/mol. The molecule has 0 saturated carbocycles. The maximum absolute atomic E-state index is 13.3. The second kappa shape index (κ2) is 8.10. The van der Waals surface area contributed by atoms with Crippen LogP contribution in [-0.4, -0.2) is 20.1 Å². The number of anilines is 1. The predicted octanol–water partition coefficient (Wildman–Crippen LogP) is 4.91. The molecule has 30 heavy (non-hydrogen) atoms. The lowest BCUT2D eigenvalue weighted by Crippen LogP contribution is -2.41. The van der Waals surface area contributed by atoms with Crippen LogP contribution in [-0.2, 0) is 11.2 Å². The number of benzene rings is 3. The zero-order valence-electron chi connectivity index (χ0n) is 16.6. The Morgan fingerprint density at radius 1 is 1.03 bits per heavy atom. The number of nitrogens with zero attached hydrogens (tertiary/aromatic N) is 2. The number of carbonyl (C=O) groups excluding carboxylic acids is 1. The molecule has 0 aliphatic carbocycles. The summed E-state index contributed by atoms with van der Waals surface area (Å²) in [6, 6.07) is 20.0. The zero-order chi connectivity index (χ0) is 21.3. The maximum Gasteiger partial charge on any atom is 0.232 e. The third-order valence-electron chi connectivity index (χ3n) is 5.25. The van der Waals surface area contributed by atoms with Gasteiger partial charge in [-0.2, -0.15) is 5.26 Å². The number of amides is 1. The number of nitriles is 1. The molecule has 4 rings (SSSR count). The lowest BCUT2D eigenvalue weighted by Gasteiger charge is -2.38. The second-order valence-corrected chi connectivity index (χ2v) is 7.40. The molecule has 1 heterocycles. The van der Waals surface area contributed by atoms with Crippen LogP contribution in [0.1, 0.15) is 28.3 Å². The van der Waals surface area contributed by atoms with E-state index < -0.39 is 6.04 Å². The van der Waals surface area contributed by atoms with Crippen molar-refractivity contribution < 1.29 is 14.3 Å². The minimum atomic E-state index is -0.396. The Bertz CT molecular complexity index is 1150. The second-order valence-electron chi connectivity index (χ2n) is 6.96. The van der Waals surface area contributed by atoms with Crippen molar-refractivity contribution in [3.63, 3.8) is 0 Å². The Hall–Kier alpha value is -3.49. The molecule has 150 valence electrons. The average Bonchev–Trinajstić information content (AvgIpc) is 2.78. The molecule has 5 nitrogen and oxygen atoms in total. The standard InChI is InChI=1S/C24H19ClN2O3/c1-29-21-11-17-12-23(28)27(19-5-3-4-15(10-19)14-26)24(20(17)13-22(21)30-2)16-6-8-18(25)9-7-16/h3-11,13,24H,12H2,1-2H3/t24-/m1/s1. The Kier molecular flexibility index (Phi) is 5.35. The zero-order valence-corrected chi connectivity index (χ0v) is 17.3. The van der Waals surface area contributed by atoms with Crippen LogP contribution < -0.4 is 14.4 Å². The Labute approximate surface area is 180 Å². The van der Waals surface area contributed by atoms with E-state index in [2.05, 4.69) is 6.07 Å². The first kappa shape index (κ1) is 19.8. The molecule has 0 spiro atoms. The topological polar surface area (TPSA) is 62.6 Å². The fourth-order valence-electron chi connectivity index (χ4n) is 3.87. The SMILES string of the molecule is COc1cc2c(cc1OC)[C@@H](c1ccc(Cl)cc1)N(c1cccc(C#N)c1)C(=O)C2. The van der Waals surface area contributed by atoms with E-state index >= 15 is 0 Å². The summed E-state index contributed by atoms with van der Waals surface area (Å²) in [5, 5.41) is 9.94. The largest absolute Gasteiger partial charge is 0.493 e. The van der Waals surface area contributed by atoms with Crippen molar-refractivity contribution in [2.45, 2.75) is 12.5 Å². The van der Waals surface area contributed by atoms with Crippen LogP contribution in [0.2, 0.25) is 5.02 Å². The molecule has 0 saturated heterocycles. The van der Waals surface area contributed by atoms with E-state index in [-0.39, 0.29) is 12.3 Å². The fourth-order valence-corrected chi connectivity index (χ4v) is 3.99. The van der Waals surface area contributed by atoms with E-state index in [1.165, 1.54) is 0 Å². The van der Waals surface area contributed by atoms with Crippen molar-refractivity contribution in [2.24, 2.45) is 0 Å². The van der Waals surface area contributed by atoms with E-state index in [1.54, 1.807) is 49.5 Å². The number of hydrogen-bond acceptors (Lipinski definition) is 4. The molecule has 0 unspecified atom stereocenters. The van der Waals surface area contributed by atoms with E-state index in [0.717, 1.165) is 16.7 Å². The number of halogens is 1. The minimum absolute atomic E-state index is 0.0650. The molecule has 0 N–H and O–H groups in total. The summed E-state index contributed by atoms with van der Waals surface area (Å²) in [7, 11) is 3.16. The summed E-state index contributed by atoms with van der Waals surface area (Å²) in [6.45, 7) is 0. The molecule has 0 fully saturated rings. The van der Waals surface area contributed by atoms with Gasteiger partial charge in [-0.3, -0.25) is 4.79 Å². The monoisotopic (exact) mass is 418 g/mol. The average molecular weight is 419 g/mol. The van der Waals surface area contributed by atoms with Crippen LogP contribution in [0.5, 0.6) is 11.5 Å². The van der Waals surface area contributed by atoms with Crippen LogP contribution in [0.15, 0.2) is 60.7 Å². The number of hydrogen-bond donors (Lipinski definition) is 0. The summed E-state index contributed by atoms with van der Waals surface area (Å²) in [4.78, 5) is 15.0. The van der Waals surface area contributed by atoms with Gasteiger partial charge in [0.2, 0.25) is 5.91 Å². The van der Waals surface area contributed by atoms with Crippen LogP contribution in [0.3, 0.4) is 0 Å². The van der Waals surface area contributed by atoms with Crippen LogP contribution in [0.25, 0.3) is 0 Å². The van der Waals surface area contributed by atoms with Gasteiger partial charge in [-0.05, 0) is 59.2 Å². The van der Waals surface area contributed by atoms with Gasteiger partial charge in [-0.15, -0.1) is 0 Å². The number of fused-ring (bicyclic) bond motifs is 1. The van der Waals surface area contributed by atoms with Crippen molar-refractivity contribution in [3.05, 3.63) is 87.9 Å². The first-order valence-corrected chi connectivity index (χ1v) is 9.76. The van der Waals surface area contributed by atoms with E-state index in [1.807, 2.05) is 30.3 Å². The summed E-state index contributed by atoms with van der Waals surface area (Å²) >= 11 is 6.11. The molecule has 0 bridgehead atoms. The lowest BCUT2D eigenvalue weighted by atomic mass is 9.86. The van der Waals surface area contributed by atoms with Gasteiger partial charge in [-0.1, -0.05) is 29.8 Å². The Morgan fingerprint density at radius 2 is 1.73 bits per heavy atom. The van der Waals surface area contributed by atoms with Crippen LogP contribution in [0.4, 0.5) is 5.69 Å². The molecule has 1 atom stereocenters. The number of methoxy groups -OCH3 is 2. The molecule has 0 radical (unpaired) electrons. The van der Waals surface area contributed by atoms with Gasteiger partial charge >= 0.3 is 0 Å². The van der Waals surface area contributed by atoms with E-state index in [4.69, 9.17) is 21.1 Å². The maximum atomic E-state index is 13.3. The van der Waals surface area contributed by atoms with Gasteiger partial charge < -0.3 is 14.4 Å². The molecule has 3 aromatic carbocycles. The Balaban J connectivity index is 1.95. The van der Waals surface area contributed by atoms with Crippen LogP contribution >= 0.6 is 11.6 Å². The van der Waals surface area contributed by atoms with Gasteiger partial charge in [0.1, 0.15) is 0 Å². The van der Waals surface area contributed by atoms with Crippen LogP contribution in [0, 0.1) is 11.3 Å². The summed E-state index contributed by atoms with van der Waals surface area (Å²) in [5.74, 6) is 1.11. The Morgan fingerprint density at radius 3 is 2.40 bits per heavy atom. The summed E-state index contributed by atoms with van der Waals surface area (Å²) in [6.07, 6.45) is 0.219. The van der Waals surface area contributed by atoms with Crippen molar-refractivity contribution in [1.29, 1.82) is 5.26 Å². The van der Waals surface area contributed by atoms with Crippen molar-refractivity contribution in [2.75, 3.05) is 19.1 Å². The summed E-state index contributed by atoms with van der Waals surface area (Å²) < 4.78 is 10.9. The smallest absolute Gasteiger partial charge is 0.232 e. The first-order chi connectivity index (χ1) is 14.5. The highest BCUT2D eigenvalue weighted by Crippen LogP contribution is 2.43. The quantitative estimate of drug-likeness (QED) is 0.604. The highest BCUT2D eigenvalue weighted by Gasteiger charge is 2.36. The van der Waals surface area contributed by atoms with Crippen molar-refractivity contribution in [1.82, 2.24) is 0 Å². The lowest BCUT2D eigenvalue weighted by molar-refractivity contribution is -0.118. The molecule has 1 amide bonds. The molecule has 1 aliphatic rings. The number of carbonyl (C=O) groups is 1. The molecule has 6 heteroatoms. The third-order valence-corrected chi connectivity index (χ3v) is 5.50. The molecular formula is C24H19ClN2O3. The molecule has 0 aromatic heterocycles. The normalized spacial score (nSPS) is 15.3. The highest BCUT2D eigenvalue weighted by atomic mass is 35.5. The van der Waals surface area contributed by atoms with E-state index in [9.17, 15) is 10.1 Å². The van der Waals surface area contributed by atoms with Gasteiger partial charge in [0.15, 0.2) is 11.5 Å². The number of rotatable bonds is 4. The van der Waals surface area contributed by atoms with Gasteiger partial charge in [0, 0.05) is 10.7 Å². The molecule has 3 aromatic rings.